The Hall–Kier alpha value is -2.26. The molecule has 110 valence electrons. The standard InChI is InChI=1S/C10H12N2.C8H11N/c1-8-5-4-6-9(7-8)10(11-2)12-3;1-7-3-2-4-8(5-7)6-9/h4-7H,2H2,1,3H3;2-5H,6,9H2,1H3. The summed E-state index contributed by atoms with van der Waals surface area (Å²) >= 11 is 0. The van der Waals surface area contributed by atoms with E-state index in [1.54, 1.807) is 7.05 Å². The average molecular weight is 281 g/mol. The van der Waals surface area contributed by atoms with Crippen LogP contribution in [0.3, 0.4) is 0 Å². The number of hydrogen-bond acceptors (Lipinski definition) is 2. The van der Waals surface area contributed by atoms with Crippen molar-refractivity contribution in [3.63, 3.8) is 0 Å². The zero-order valence-corrected chi connectivity index (χ0v) is 13.0. The van der Waals surface area contributed by atoms with Crippen LogP contribution >= 0.6 is 0 Å². The van der Waals surface area contributed by atoms with Gasteiger partial charge in [-0.2, -0.15) is 0 Å². The number of aliphatic imine (C=N–C) groups is 2. The topological polar surface area (TPSA) is 50.7 Å². The molecule has 0 fully saturated rings. The van der Waals surface area contributed by atoms with Crippen LogP contribution in [0.2, 0.25) is 0 Å². The number of nitrogens with zero attached hydrogens (tertiary/aromatic N) is 2. The highest BCUT2D eigenvalue weighted by molar-refractivity contribution is 6.01. The summed E-state index contributed by atoms with van der Waals surface area (Å²) in [6.07, 6.45) is 0. The number of nitrogens with two attached hydrogens (primary N) is 1. The molecule has 0 heterocycles. The molecular formula is C18H23N3. The van der Waals surface area contributed by atoms with E-state index in [2.05, 4.69) is 35.8 Å². The summed E-state index contributed by atoms with van der Waals surface area (Å²) in [4.78, 5) is 7.82. The zero-order valence-electron chi connectivity index (χ0n) is 13.0. The molecule has 2 aromatic rings. The van der Waals surface area contributed by atoms with Crippen molar-refractivity contribution in [3.8, 4) is 0 Å². The Labute approximate surface area is 127 Å². The highest BCUT2D eigenvalue weighted by atomic mass is 14.9. The molecule has 0 spiro atoms. The third kappa shape index (κ3) is 5.71. The summed E-state index contributed by atoms with van der Waals surface area (Å²) < 4.78 is 0. The average Bonchev–Trinajstić information content (AvgIpc) is 2.49. The molecule has 0 radical (unpaired) electrons. The highest BCUT2D eigenvalue weighted by Crippen LogP contribution is 2.05. The normalized spacial score (nSPS) is 10.6. The molecule has 0 unspecified atom stereocenters. The van der Waals surface area contributed by atoms with E-state index in [-0.39, 0.29) is 0 Å². The Morgan fingerprint density at radius 1 is 1.05 bits per heavy atom. The highest BCUT2D eigenvalue weighted by Gasteiger charge is 1.97. The van der Waals surface area contributed by atoms with E-state index < -0.39 is 0 Å². The van der Waals surface area contributed by atoms with Crippen LogP contribution in [0, 0.1) is 13.8 Å². The summed E-state index contributed by atoms with van der Waals surface area (Å²) in [7, 11) is 1.71. The van der Waals surface area contributed by atoms with Gasteiger partial charge in [-0.15, -0.1) is 0 Å². The first kappa shape index (κ1) is 16.8. The van der Waals surface area contributed by atoms with Gasteiger partial charge in [0.1, 0.15) is 0 Å². The molecule has 0 aromatic heterocycles. The first-order valence-electron chi connectivity index (χ1n) is 6.87. The van der Waals surface area contributed by atoms with Gasteiger partial charge in [0, 0.05) is 19.2 Å². The van der Waals surface area contributed by atoms with Crippen molar-refractivity contribution in [2.24, 2.45) is 15.7 Å². The minimum absolute atomic E-state index is 0.641. The lowest BCUT2D eigenvalue weighted by atomic mass is 10.1. The molecule has 2 aromatic carbocycles. The quantitative estimate of drug-likeness (QED) is 0.664. The Kier molecular flexibility index (Phi) is 7.05. The minimum atomic E-state index is 0.641. The van der Waals surface area contributed by atoms with Crippen molar-refractivity contribution < 1.29 is 0 Å². The van der Waals surface area contributed by atoms with Crippen LogP contribution < -0.4 is 5.73 Å². The number of aryl methyl sites for hydroxylation is 2. The Balaban J connectivity index is 0.000000219. The molecule has 3 heteroatoms. The van der Waals surface area contributed by atoms with Crippen LogP contribution in [-0.4, -0.2) is 19.6 Å². The molecule has 0 aliphatic carbocycles. The third-order valence-corrected chi connectivity index (χ3v) is 2.96. The first-order chi connectivity index (χ1) is 10.1. The van der Waals surface area contributed by atoms with Gasteiger partial charge in [-0.3, -0.25) is 4.99 Å². The second kappa shape index (κ2) is 8.82. The van der Waals surface area contributed by atoms with E-state index in [1.807, 2.05) is 43.3 Å². The van der Waals surface area contributed by atoms with Crippen LogP contribution in [0.5, 0.6) is 0 Å². The minimum Gasteiger partial charge on any atom is -0.326 e. The van der Waals surface area contributed by atoms with E-state index in [1.165, 1.54) is 16.7 Å². The molecule has 0 aliphatic heterocycles. The summed E-state index contributed by atoms with van der Waals surface area (Å²) in [6.45, 7) is 8.21. The van der Waals surface area contributed by atoms with Crippen molar-refractivity contribution in [1.29, 1.82) is 0 Å². The molecule has 0 aliphatic rings. The van der Waals surface area contributed by atoms with Gasteiger partial charge >= 0.3 is 0 Å². The maximum Gasteiger partial charge on any atom is 0.153 e. The van der Waals surface area contributed by atoms with Gasteiger partial charge in [0.05, 0.1) is 0 Å². The monoisotopic (exact) mass is 281 g/mol. The van der Waals surface area contributed by atoms with Gasteiger partial charge in [0.25, 0.3) is 0 Å². The van der Waals surface area contributed by atoms with Gasteiger partial charge in [-0.05, 0) is 32.2 Å². The molecule has 0 bridgehead atoms. The molecule has 2 N–H and O–H groups in total. The van der Waals surface area contributed by atoms with Crippen molar-refractivity contribution in [2.75, 3.05) is 7.05 Å². The summed E-state index contributed by atoms with van der Waals surface area (Å²) in [5.74, 6) is 0.693. The van der Waals surface area contributed by atoms with Crippen molar-refractivity contribution in [3.05, 3.63) is 70.8 Å². The fourth-order valence-corrected chi connectivity index (χ4v) is 1.91. The largest absolute Gasteiger partial charge is 0.326 e. The Morgan fingerprint density at radius 3 is 2.10 bits per heavy atom. The molecule has 0 atom stereocenters. The van der Waals surface area contributed by atoms with Crippen LogP contribution in [0.1, 0.15) is 22.3 Å². The van der Waals surface area contributed by atoms with E-state index in [9.17, 15) is 0 Å². The number of amidine groups is 1. The zero-order chi connectivity index (χ0) is 15.7. The molecule has 3 nitrogen and oxygen atoms in total. The lowest BCUT2D eigenvalue weighted by molar-refractivity contribution is 1.07. The van der Waals surface area contributed by atoms with E-state index in [4.69, 9.17) is 5.73 Å². The number of rotatable bonds is 2. The number of hydrogen-bond donors (Lipinski definition) is 1. The van der Waals surface area contributed by atoms with E-state index in [0.29, 0.717) is 12.4 Å². The predicted octanol–water partition coefficient (Wildman–Crippen LogP) is 3.53. The number of benzene rings is 2. The lowest BCUT2D eigenvalue weighted by Crippen LogP contribution is -1.95. The summed E-state index contributed by atoms with van der Waals surface area (Å²) in [5, 5.41) is 0. The molecule has 0 saturated heterocycles. The molecule has 0 amide bonds. The molecule has 21 heavy (non-hydrogen) atoms. The van der Waals surface area contributed by atoms with Crippen molar-refractivity contribution in [1.82, 2.24) is 0 Å². The van der Waals surface area contributed by atoms with Crippen LogP contribution in [0.25, 0.3) is 0 Å². The molecular weight excluding hydrogens is 258 g/mol. The van der Waals surface area contributed by atoms with E-state index in [0.717, 1.165) is 5.56 Å². The maximum absolute atomic E-state index is 5.42. The van der Waals surface area contributed by atoms with Gasteiger partial charge in [-0.1, -0.05) is 53.6 Å². The van der Waals surface area contributed by atoms with Crippen molar-refractivity contribution in [2.45, 2.75) is 20.4 Å². The van der Waals surface area contributed by atoms with Crippen LogP contribution in [0.15, 0.2) is 58.5 Å². The molecule has 2 rings (SSSR count). The summed E-state index contributed by atoms with van der Waals surface area (Å²) in [6, 6.07) is 16.3. The molecule has 0 saturated carbocycles. The van der Waals surface area contributed by atoms with Crippen LogP contribution in [0.4, 0.5) is 0 Å². The third-order valence-electron chi connectivity index (χ3n) is 2.96. The predicted molar refractivity (Wildman–Crippen MR) is 92.3 cm³/mol. The van der Waals surface area contributed by atoms with Gasteiger partial charge < -0.3 is 5.73 Å². The van der Waals surface area contributed by atoms with Crippen LogP contribution in [-0.2, 0) is 6.54 Å². The smallest absolute Gasteiger partial charge is 0.153 e. The van der Waals surface area contributed by atoms with Gasteiger partial charge in [-0.25, -0.2) is 4.99 Å². The first-order valence-corrected chi connectivity index (χ1v) is 6.87. The second-order valence-corrected chi connectivity index (χ2v) is 4.77. The summed E-state index contributed by atoms with van der Waals surface area (Å²) in [5.41, 5.74) is 10.1. The Morgan fingerprint density at radius 2 is 1.67 bits per heavy atom. The SMILES string of the molecule is C=NC(=NC)c1cccc(C)c1.Cc1cccc(CN)c1. The Bertz CT molecular complexity index is 615. The van der Waals surface area contributed by atoms with Gasteiger partial charge in [0.15, 0.2) is 5.84 Å². The van der Waals surface area contributed by atoms with Crippen molar-refractivity contribution >= 4 is 12.6 Å². The lowest BCUT2D eigenvalue weighted by Gasteiger charge is -1.99. The fourth-order valence-electron chi connectivity index (χ4n) is 1.91. The maximum atomic E-state index is 5.42. The fraction of sp³-hybridized carbons (Fsp3) is 0.222. The second-order valence-electron chi connectivity index (χ2n) is 4.77. The van der Waals surface area contributed by atoms with E-state index >= 15 is 0 Å². The van der Waals surface area contributed by atoms with Gasteiger partial charge in [0.2, 0.25) is 0 Å².